The number of rotatable bonds is 6. The minimum atomic E-state index is -0.246. The van der Waals surface area contributed by atoms with Gasteiger partial charge < -0.3 is 14.8 Å². The molecule has 4 aromatic rings. The lowest BCUT2D eigenvalue weighted by Gasteiger charge is -2.05. The SMILES string of the molecule is CC(=O)c1ccc(NC(=O)c2sc(-n3nc(C)c(Cc4ccc5c(c4)OCO5)c3C)nc2C)cc1. The van der Waals surface area contributed by atoms with E-state index in [1.54, 1.807) is 28.9 Å². The van der Waals surface area contributed by atoms with E-state index in [1.165, 1.54) is 18.3 Å². The molecular weight excluding hydrogens is 464 g/mol. The van der Waals surface area contributed by atoms with Gasteiger partial charge in [0.1, 0.15) is 4.88 Å². The number of benzene rings is 2. The van der Waals surface area contributed by atoms with Crippen LogP contribution in [0.2, 0.25) is 0 Å². The summed E-state index contributed by atoms with van der Waals surface area (Å²) in [5.41, 5.74) is 5.93. The zero-order chi connectivity index (χ0) is 24.7. The van der Waals surface area contributed by atoms with Crippen molar-refractivity contribution >= 4 is 28.7 Å². The van der Waals surface area contributed by atoms with Gasteiger partial charge in [0, 0.05) is 28.9 Å². The van der Waals surface area contributed by atoms with Crippen LogP contribution in [0.3, 0.4) is 0 Å². The molecular formula is C26H24N4O4S. The molecule has 1 N–H and O–H groups in total. The minimum absolute atomic E-state index is 0.0198. The Morgan fingerprint density at radius 1 is 1.03 bits per heavy atom. The first-order valence-corrected chi connectivity index (χ1v) is 12.0. The molecule has 1 amide bonds. The third-order valence-electron chi connectivity index (χ3n) is 5.98. The molecule has 1 aliphatic rings. The van der Waals surface area contributed by atoms with Crippen LogP contribution >= 0.6 is 11.3 Å². The molecule has 2 aromatic carbocycles. The Balaban J connectivity index is 1.37. The van der Waals surface area contributed by atoms with Gasteiger partial charge in [-0.25, -0.2) is 9.67 Å². The van der Waals surface area contributed by atoms with E-state index in [1.807, 2.05) is 39.0 Å². The van der Waals surface area contributed by atoms with Crippen LogP contribution in [0.15, 0.2) is 42.5 Å². The monoisotopic (exact) mass is 488 g/mol. The number of nitrogens with zero attached hydrogens (tertiary/aromatic N) is 3. The van der Waals surface area contributed by atoms with Crippen LogP contribution in [-0.2, 0) is 6.42 Å². The van der Waals surface area contributed by atoms with Gasteiger partial charge in [0.05, 0.1) is 11.4 Å². The number of carbonyl (C=O) groups excluding carboxylic acids is 2. The topological polar surface area (TPSA) is 95.3 Å². The van der Waals surface area contributed by atoms with Gasteiger partial charge in [-0.2, -0.15) is 5.10 Å². The summed E-state index contributed by atoms with van der Waals surface area (Å²) in [5.74, 6) is 1.25. The van der Waals surface area contributed by atoms with E-state index >= 15 is 0 Å². The summed E-state index contributed by atoms with van der Waals surface area (Å²) in [5, 5.41) is 8.24. The number of anilines is 1. The molecule has 0 fully saturated rings. The average molecular weight is 489 g/mol. The summed E-state index contributed by atoms with van der Waals surface area (Å²) in [7, 11) is 0. The number of aromatic nitrogens is 3. The van der Waals surface area contributed by atoms with E-state index in [9.17, 15) is 9.59 Å². The number of hydrogen-bond donors (Lipinski definition) is 1. The molecule has 0 bridgehead atoms. The summed E-state index contributed by atoms with van der Waals surface area (Å²) >= 11 is 1.29. The standard InChI is InChI=1S/C26H24N4O4S/c1-14-21(11-18-5-10-22-23(12-18)34-13-33-22)16(3)30(29-14)26-27-15(2)24(35-26)25(32)28-20-8-6-19(7-9-20)17(4)31/h5-10,12H,11,13H2,1-4H3,(H,28,32). The number of carbonyl (C=O) groups is 2. The fraction of sp³-hybridized carbons (Fsp3) is 0.231. The van der Waals surface area contributed by atoms with Crippen molar-refractivity contribution in [3.63, 3.8) is 0 Å². The van der Waals surface area contributed by atoms with Crippen molar-refractivity contribution in [1.82, 2.24) is 14.8 Å². The van der Waals surface area contributed by atoms with Gasteiger partial charge in [0.2, 0.25) is 11.9 Å². The Morgan fingerprint density at radius 2 is 1.77 bits per heavy atom. The summed E-state index contributed by atoms with van der Waals surface area (Å²) in [6.07, 6.45) is 0.697. The molecule has 0 saturated heterocycles. The molecule has 0 aliphatic carbocycles. The number of nitrogens with one attached hydrogen (secondary N) is 1. The van der Waals surface area contributed by atoms with Crippen LogP contribution in [0.5, 0.6) is 11.5 Å². The van der Waals surface area contributed by atoms with Crippen molar-refractivity contribution in [2.75, 3.05) is 12.1 Å². The highest BCUT2D eigenvalue weighted by Gasteiger charge is 2.21. The van der Waals surface area contributed by atoms with Crippen molar-refractivity contribution < 1.29 is 19.1 Å². The van der Waals surface area contributed by atoms with Crippen LogP contribution in [0, 0.1) is 20.8 Å². The molecule has 9 heteroatoms. The molecule has 0 unspecified atom stereocenters. The molecule has 0 spiro atoms. The van der Waals surface area contributed by atoms with Gasteiger partial charge >= 0.3 is 0 Å². The predicted octanol–water partition coefficient (Wildman–Crippen LogP) is 5.03. The molecule has 178 valence electrons. The number of ketones is 1. The Hall–Kier alpha value is -3.98. The van der Waals surface area contributed by atoms with Gasteiger partial charge in [-0.15, -0.1) is 0 Å². The molecule has 5 rings (SSSR count). The second-order valence-corrected chi connectivity index (χ2v) is 9.40. The molecule has 1 aliphatic heterocycles. The molecule has 0 saturated carbocycles. The largest absolute Gasteiger partial charge is 0.454 e. The normalized spacial score (nSPS) is 12.1. The van der Waals surface area contributed by atoms with E-state index in [0.29, 0.717) is 33.4 Å². The first-order chi connectivity index (χ1) is 16.8. The fourth-order valence-corrected chi connectivity index (χ4v) is 5.00. The number of hydrogen-bond acceptors (Lipinski definition) is 7. The molecule has 35 heavy (non-hydrogen) atoms. The summed E-state index contributed by atoms with van der Waals surface area (Å²) < 4.78 is 12.7. The van der Waals surface area contributed by atoms with Gasteiger partial charge in [0.25, 0.3) is 5.91 Å². The lowest BCUT2D eigenvalue weighted by Crippen LogP contribution is -2.11. The summed E-state index contributed by atoms with van der Waals surface area (Å²) in [4.78, 5) is 29.5. The van der Waals surface area contributed by atoms with Crippen LogP contribution in [0.1, 0.15) is 55.2 Å². The smallest absolute Gasteiger partial charge is 0.267 e. The molecule has 8 nitrogen and oxygen atoms in total. The highest BCUT2D eigenvalue weighted by Crippen LogP contribution is 2.34. The molecule has 2 aromatic heterocycles. The van der Waals surface area contributed by atoms with Crippen molar-refractivity contribution in [2.24, 2.45) is 0 Å². The highest BCUT2D eigenvalue weighted by atomic mass is 32.1. The Labute approximate surface area is 206 Å². The molecule has 3 heterocycles. The first-order valence-electron chi connectivity index (χ1n) is 11.1. The third kappa shape index (κ3) is 4.42. The highest BCUT2D eigenvalue weighted by molar-refractivity contribution is 7.16. The maximum absolute atomic E-state index is 12.9. The van der Waals surface area contributed by atoms with E-state index in [0.717, 1.165) is 34.0 Å². The van der Waals surface area contributed by atoms with E-state index in [-0.39, 0.29) is 18.5 Å². The lowest BCUT2D eigenvalue weighted by molar-refractivity contribution is 0.101. The average Bonchev–Trinajstić information content (AvgIpc) is 3.53. The van der Waals surface area contributed by atoms with Gasteiger partial charge in [-0.05, 0) is 69.7 Å². The quantitative estimate of drug-likeness (QED) is 0.383. The van der Waals surface area contributed by atoms with Gasteiger partial charge in [-0.3, -0.25) is 9.59 Å². The first kappa shape index (κ1) is 22.8. The van der Waals surface area contributed by atoms with Crippen LogP contribution in [-0.4, -0.2) is 33.2 Å². The Kier molecular flexibility index (Phi) is 5.86. The third-order valence-corrected chi connectivity index (χ3v) is 7.11. The number of thiazole rings is 1. The van der Waals surface area contributed by atoms with E-state index in [2.05, 4.69) is 10.3 Å². The minimum Gasteiger partial charge on any atom is -0.454 e. The summed E-state index contributed by atoms with van der Waals surface area (Å²) in [6.45, 7) is 7.56. The zero-order valence-electron chi connectivity index (χ0n) is 19.8. The van der Waals surface area contributed by atoms with Crippen molar-refractivity contribution in [1.29, 1.82) is 0 Å². The fourth-order valence-electron chi connectivity index (χ4n) is 4.03. The number of ether oxygens (including phenoxy) is 2. The van der Waals surface area contributed by atoms with Crippen molar-refractivity contribution in [3.8, 4) is 16.6 Å². The van der Waals surface area contributed by atoms with Crippen LogP contribution < -0.4 is 14.8 Å². The van der Waals surface area contributed by atoms with Crippen LogP contribution in [0.4, 0.5) is 5.69 Å². The Morgan fingerprint density at radius 3 is 2.51 bits per heavy atom. The van der Waals surface area contributed by atoms with Gasteiger partial charge in [0.15, 0.2) is 17.3 Å². The molecule has 0 radical (unpaired) electrons. The maximum Gasteiger partial charge on any atom is 0.267 e. The molecule has 0 atom stereocenters. The second-order valence-electron chi connectivity index (χ2n) is 8.42. The lowest BCUT2D eigenvalue weighted by atomic mass is 10.0. The number of amides is 1. The number of Topliss-reactive ketones (excluding diaryl/α,β-unsaturated/α-hetero) is 1. The number of fused-ring (bicyclic) bond motifs is 1. The number of aryl methyl sites for hydroxylation is 2. The Bertz CT molecular complexity index is 1450. The second kappa shape index (κ2) is 8.99. The van der Waals surface area contributed by atoms with E-state index in [4.69, 9.17) is 14.6 Å². The zero-order valence-corrected chi connectivity index (χ0v) is 20.7. The van der Waals surface area contributed by atoms with E-state index < -0.39 is 0 Å². The van der Waals surface area contributed by atoms with Crippen LogP contribution in [0.25, 0.3) is 5.13 Å². The maximum atomic E-state index is 12.9. The predicted molar refractivity (Wildman–Crippen MR) is 133 cm³/mol. The van der Waals surface area contributed by atoms with Crippen molar-refractivity contribution in [3.05, 3.63) is 81.1 Å². The van der Waals surface area contributed by atoms with Gasteiger partial charge in [-0.1, -0.05) is 17.4 Å². The van der Waals surface area contributed by atoms with Crippen molar-refractivity contribution in [2.45, 2.75) is 34.1 Å². The summed E-state index contributed by atoms with van der Waals surface area (Å²) in [6, 6.07) is 12.8.